The summed E-state index contributed by atoms with van der Waals surface area (Å²) in [4.78, 5) is 24.8. The van der Waals surface area contributed by atoms with Crippen molar-refractivity contribution in [3.8, 4) is 0 Å². The molecule has 1 amide bonds. The van der Waals surface area contributed by atoms with E-state index in [0.29, 0.717) is 12.1 Å². The summed E-state index contributed by atoms with van der Waals surface area (Å²) in [5.41, 5.74) is 1.83. The van der Waals surface area contributed by atoms with Gasteiger partial charge in [0, 0.05) is 44.3 Å². The lowest BCUT2D eigenvalue weighted by atomic mass is 10.2. The molecule has 0 bridgehead atoms. The summed E-state index contributed by atoms with van der Waals surface area (Å²) in [6.07, 6.45) is 7.06. The highest BCUT2D eigenvalue weighted by molar-refractivity contribution is 5.94. The zero-order valence-electron chi connectivity index (χ0n) is 15.3. The average molecular weight is 341 g/mol. The van der Waals surface area contributed by atoms with Crippen molar-refractivity contribution in [2.24, 2.45) is 0 Å². The summed E-state index contributed by atoms with van der Waals surface area (Å²) in [5, 5.41) is 3.28. The van der Waals surface area contributed by atoms with Gasteiger partial charge in [-0.15, -0.1) is 0 Å². The largest absolute Gasteiger partial charge is 0.370 e. The van der Waals surface area contributed by atoms with Crippen LogP contribution in [0.2, 0.25) is 0 Å². The first kappa shape index (κ1) is 18.9. The number of amides is 1. The maximum absolute atomic E-state index is 12.6. The van der Waals surface area contributed by atoms with Crippen molar-refractivity contribution in [2.45, 2.75) is 12.8 Å². The lowest BCUT2D eigenvalue weighted by molar-refractivity contribution is 0.0796. The van der Waals surface area contributed by atoms with E-state index < -0.39 is 0 Å². The molecule has 0 saturated carbocycles. The van der Waals surface area contributed by atoms with E-state index in [4.69, 9.17) is 0 Å². The first-order chi connectivity index (χ1) is 12.1. The molecule has 0 fully saturated rings. The number of carbonyl (C=O) groups is 1. The normalized spacial score (nSPS) is 10.7. The molecule has 0 aliphatic heterocycles. The summed E-state index contributed by atoms with van der Waals surface area (Å²) in [6.45, 7) is 2.51. The molecule has 2 heterocycles. The molecule has 6 heteroatoms. The van der Waals surface area contributed by atoms with Gasteiger partial charge in [0.1, 0.15) is 5.82 Å². The fourth-order valence-corrected chi connectivity index (χ4v) is 2.44. The van der Waals surface area contributed by atoms with Crippen LogP contribution in [0.3, 0.4) is 0 Å². The molecule has 0 aliphatic carbocycles. The summed E-state index contributed by atoms with van der Waals surface area (Å²) in [7, 11) is 5.94. The molecule has 0 aromatic carbocycles. The van der Waals surface area contributed by atoms with Crippen molar-refractivity contribution < 1.29 is 4.79 Å². The lowest BCUT2D eigenvalue weighted by Crippen LogP contribution is -2.29. The van der Waals surface area contributed by atoms with Gasteiger partial charge in [-0.2, -0.15) is 0 Å². The number of hydrogen-bond donors (Lipinski definition) is 1. The molecule has 0 radical (unpaired) electrons. The van der Waals surface area contributed by atoms with Crippen LogP contribution < -0.4 is 5.32 Å². The van der Waals surface area contributed by atoms with Crippen LogP contribution in [0, 0.1) is 0 Å². The van der Waals surface area contributed by atoms with Gasteiger partial charge in [0.2, 0.25) is 0 Å². The number of pyridine rings is 2. The van der Waals surface area contributed by atoms with Crippen molar-refractivity contribution >= 4 is 11.7 Å². The molecule has 6 nitrogen and oxygen atoms in total. The molecule has 2 rings (SSSR count). The molecule has 0 aliphatic rings. The van der Waals surface area contributed by atoms with Gasteiger partial charge in [-0.3, -0.25) is 9.78 Å². The summed E-state index contributed by atoms with van der Waals surface area (Å²) in [5.74, 6) is 0.750. The van der Waals surface area contributed by atoms with E-state index in [1.807, 2.05) is 25.2 Å². The van der Waals surface area contributed by atoms with E-state index in [1.165, 1.54) is 5.56 Å². The molecule has 0 atom stereocenters. The van der Waals surface area contributed by atoms with Gasteiger partial charge < -0.3 is 15.1 Å². The minimum absolute atomic E-state index is 0.00722. The van der Waals surface area contributed by atoms with Gasteiger partial charge in [0.25, 0.3) is 5.91 Å². The molecule has 0 saturated heterocycles. The maximum atomic E-state index is 12.6. The van der Waals surface area contributed by atoms with Crippen LogP contribution >= 0.6 is 0 Å². The Kier molecular flexibility index (Phi) is 7.35. The SMILES string of the molecule is CN(C)CCCNc1cc(C(=O)N(C)CCc2ccncc2)ccn1. The van der Waals surface area contributed by atoms with E-state index in [1.54, 1.807) is 29.6 Å². The molecule has 0 unspecified atom stereocenters. The van der Waals surface area contributed by atoms with Gasteiger partial charge in [-0.1, -0.05) is 0 Å². The van der Waals surface area contributed by atoms with Crippen LogP contribution in [0.4, 0.5) is 5.82 Å². The quantitative estimate of drug-likeness (QED) is 0.708. The molecule has 2 aromatic heterocycles. The standard InChI is InChI=1S/C19H27N5O/c1-23(2)13-4-9-21-18-15-17(7-12-22-18)19(25)24(3)14-8-16-5-10-20-11-6-16/h5-7,10-12,15H,4,8-9,13-14H2,1-3H3,(H,21,22). The van der Waals surface area contributed by atoms with Crippen LogP contribution in [0.25, 0.3) is 0 Å². The highest BCUT2D eigenvalue weighted by Gasteiger charge is 2.12. The smallest absolute Gasteiger partial charge is 0.253 e. The average Bonchev–Trinajstić information content (AvgIpc) is 2.63. The van der Waals surface area contributed by atoms with Crippen LogP contribution in [-0.2, 0) is 6.42 Å². The third-order valence-electron chi connectivity index (χ3n) is 3.93. The predicted octanol–water partition coefficient (Wildman–Crippen LogP) is 2.15. The van der Waals surface area contributed by atoms with E-state index in [0.717, 1.165) is 31.7 Å². The van der Waals surface area contributed by atoms with E-state index in [9.17, 15) is 4.79 Å². The molecule has 0 spiro atoms. The topological polar surface area (TPSA) is 61.4 Å². The van der Waals surface area contributed by atoms with Crippen molar-refractivity contribution in [3.05, 3.63) is 54.0 Å². The number of nitrogens with one attached hydrogen (secondary N) is 1. The third kappa shape index (κ3) is 6.51. The number of nitrogens with zero attached hydrogens (tertiary/aromatic N) is 4. The molecule has 1 N–H and O–H groups in total. The van der Waals surface area contributed by atoms with Crippen LogP contribution in [-0.4, -0.2) is 66.5 Å². The zero-order valence-corrected chi connectivity index (χ0v) is 15.3. The molecule has 134 valence electrons. The lowest BCUT2D eigenvalue weighted by Gasteiger charge is -2.17. The summed E-state index contributed by atoms with van der Waals surface area (Å²) < 4.78 is 0. The Balaban J connectivity index is 1.86. The van der Waals surface area contributed by atoms with Crippen molar-refractivity contribution in [1.29, 1.82) is 0 Å². The number of carbonyl (C=O) groups excluding carboxylic acids is 1. The predicted molar refractivity (Wildman–Crippen MR) is 101 cm³/mol. The Morgan fingerprint density at radius 3 is 2.56 bits per heavy atom. The van der Waals surface area contributed by atoms with Gasteiger partial charge in [0.05, 0.1) is 0 Å². The number of likely N-dealkylation sites (N-methyl/N-ethyl adjacent to an activating group) is 1. The molecular weight excluding hydrogens is 314 g/mol. The number of hydrogen-bond acceptors (Lipinski definition) is 5. The Bertz CT molecular complexity index is 660. The van der Waals surface area contributed by atoms with Gasteiger partial charge in [0.15, 0.2) is 0 Å². The second-order valence-corrected chi connectivity index (χ2v) is 6.35. The van der Waals surface area contributed by atoms with Crippen LogP contribution in [0.15, 0.2) is 42.9 Å². The first-order valence-corrected chi connectivity index (χ1v) is 8.55. The van der Waals surface area contributed by atoms with Crippen molar-refractivity contribution in [3.63, 3.8) is 0 Å². The second kappa shape index (κ2) is 9.74. The van der Waals surface area contributed by atoms with Crippen molar-refractivity contribution in [1.82, 2.24) is 19.8 Å². The van der Waals surface area contributed by atoms with Gasteiger partial charge in [-0.05, 0) is 63.3 Å². The number of rotatable bonds is 9. The Morgan fingerprint density at radius 2 is 1.84 bits per heavy atom. The fourth-order valence-electron chi connectivity index (χ4n) is 2.44. The van der Waals surface area contributed by atoms with E-state index in [-0.39, 0.29) is 5.91 Å². The summed E-state index contributed by atoms with van der Waals surface area (Å²) in [6, 6.07) is 7.53. The van der Waals surface area contributed by atoms with Gasteiger partial charge in [-0.25, -0.2) is 4.98 Å². The molecule has 2 aromatic rings. The second-order valence-electron chi connectivity index (χ2n) is 6.35. The first-order valence-electron chi connectivity index (χ1n) is 8.55. The highest BCUT2D eigenvalue weighted by atomic mass is 16.2. The fraction of sp³-hybridized carbons (Fsp3) is 0.421. The Hall–Kier alpha value is -2.47. The van der Waals surface area contributed by atoms with Crippen LogP contribution in [0.5, 0.6) is 0 Å². The van der Waals surface area contributed by atoms with Crippen LogP contribution in [0.1, 0.15) is 22.3 Å². The number of aromatic nitrogens is 2. The Morgan fingerprint density at radius 1 is 1.08 bits per heavy atom. The third-order valence-corrected chi connectivity index (χ3v) is 3.93. The molecular formula is C19H27N5O. The minimum atomic E-state index is 0.00722. The van der Waals surface area contributed by atoms with Gasteiger partial charge >= 0.3 is 0 Å². The Labute approximate surface area is 149 Å². The monoisotopic (exact) mass is 341 g/mol. The van der Waals surface area contributed by atoms with E-state index >= 15 is 0 Å². The van der Waals surface area contributed by atoms with E-state index in [2.05, 4.69) is 34.3 Å². The maximum Gasteiger partial charge on any atom is 0.253 e. The zero-order chi connectivity index (χ0) is 18.1. The highest BCUT2D eigenvalue weighted by Crippen LogP contribution is 2.10. The number of anilines is 1. The molecule has 25 heavy (non-hydrogen) atoms. The minimum Gasteiger partial charge on any atom is -0.370 e. The summed E-state index contributed by atoms with van der Waals surface area (Å²) >= 11 is 0. The van der Waals surface area contributed by atoms with Crippen molar-refractivity contribution in [2.75, 3.05) is 46.1 Å².